The van der Waals surface area contributed by atoms with Gasteiger partial charge in [-0.05, 0) is 132 Å². The maximum absolute atomic E-state index is 12.8. The van der Waals surface area contributed by atoms with E-state index in [4.69, 9.17) is 0 Å². The molecular formula is C29H46N2O2. The van der Waals surface area contributed by atoms with Crippen molar-refractivity contribution in [1.29, 1.82) is 0 Å². The Morgan fingerprint density at radius 2 is 0.939 bits per heavy atom. The van der Waals surface area contributed by atoms with Crippen molar-refractivity contribution in [2.75, 3.05) is 0 Å². The molecule has 0 spiro atoms. The summed E-state index contributed by atoms with van der Waals surface area (Å²) in [6.45, 7) is 0. The van der Waals surface area contributed by atoms with Crippen LogP contribution in [-0.4, -0.2) is 23.9 Å². The SMILES string of the molecule is O=C(NC1CCC(CC2CCC(NC(=O)[C@@H]3C[C@@H]4CC[C@@H]3C4)CC2)CC1)[C@@H]1C[C@@H]2CC[C@@H]1C2. The van der Waals surface area contributed by atoms with Crippen LogP contribution in [-0.2, 0) is 9.59 Å². The Morgan fingerprint density at radius 1 is 0.515 bits per heavy atom. The summed E-state index contributed by atoms with van der Waals surface area (Å²) in [5, 5.41) is 6.90. The maximum atomic E-state index is 12.8. The van der Waals surface area contributed by atoms with Crippen molar-refractivity contribution in [1.82, 2.24) is 10.6 Å². The van der Waals surface area contributed by atoms with Crippen LogP contribution >= 0.6 is 0 Å². The number of carbonyl (C=O) groups is 2. The lowest BCUT2D eigenvalue weighted by Gasteiger charge is -2.35. The van der Waals surface area contributed by atoms with Gasteiger partial charge in [0.15, 0.2) is 0 Å². The van der Waals surface area contributed by atoms with Crippen molar-refractivity contribution in [3.8, 4) is 0 Å². The summed E-state index contributed by atoms with van der Waals surface area (Å²) in [4.78, 5) is 25.6. The third-order valence-corrected chi connectivity index (χ3v) is 11.2. The van der Waals surface area contributed by atoms with E-state index in [-0.39, 0.29) is 0 Å². The maximum Gasteiger partial charge on any atom is 0.223 e. The quantitative estimate of drug-likeness (QED) is 0.549. The molecule has 2 amide bonds. The summed E-state index contributed by atoms with van der Waals surface area (Å²) < 4.78 is 0. The van der Waals surface area contributed by atoms with Crippen molar-refractivity contribution in [3.63, 3.8) is 0 Å². The third-order valence-electron chi connectivity index (χ3n) is 11.2. The lowest BCUT2D eigenvalue weighted by atomic mass is 9.75. The zero-order chi connectivity index (χ0) is 22.4. The lowest BCUT2D eigenvalue weighted by Crippen LogP contribution is -2.43. The van der Waals surface area contributed by atoms with E-state index < -0.39 is 0 Å². The number of nitrogens with one attached hydrogen (secondary N) is 2. The molecule has 6 fully saturated rings. The molecule has 6 aliphatic carbocycles. The van der Waals surface area contributed by atoms with E-state index in [1.54, 1.807) is 0 Å². The molecule has 4 nitrogen and oxygen atoms in total. The first-order valence-electron chi connectivity index (χ1n) is 14.7. The van der Waals surface area contributed by atoms with E-state index in [0.717, 1.165) is 36.5 Å². The fourth-order valence-electron chi connectivity index (χ4n) is 9.30. The summed E-state index contributed by atoms with van der Waals surface area (Å²) in [5.74, 6) is 6.23. The van der Waals surface area contributed by atoms with Crippen LogP contribution in [0.3, 0.4) is 0 Å². The second-order valence-electron chi connectivity index (χ2n) is 13.3. The molecule has 6 rings (SSSR count). The monoisotopic (exact) mass is 454 g/mol. The van der Waals surface area contributed by atoms with Gasteiger partial charge in [-0.15, -0.1) is 0 Å². The van der Waals surface area contributed by atoms with Crippen molar-refractivity contribution in [2.24, 2.45) is 47.3 Å². The Balaban J connectivity index is 0.875. The number of rotatable bonds is 6. The van der Waals surface area contributed by atoms with Gasteiger partial charge in [0.25, 0.3) is 0 Å². The summed E-state index contributed by atoms with van der Waals surface area (Å²) >= 11 is 0. The molecule has 0 aliphatic heterocycles. The van der Waals surface area contributed by atoms with Crippen LogP contribution in [0.5, 0.6) is 0 Å². The van der Waals surface area contributed by atoms with Crippen molar-refractivity contribution in [2.45, 2.75) is 121 Å². The Kier molecular flexibility index (Phi) is 6.47. The highest BCUT2D eigenvalue weighted by Gasteiger charge is 2.44. The number of hydrogen-bond acceptors (Lipinski definition) is 2. The van der Waals surface area contributed by atoms with Crippen LogP contribution in [0.15, 0.2) is 0 Å². The Hall–Kier alpha value is -1.06. The van der Waals surface area contributed by atoms with Gasteiger partial charge in [-0.3, -0.25) is 9.59 Å². The standard InChI is InChI=1S/C29H46N2O2/c32-28(26-16-20-1-7-22(26)14-20)30-24-9-3-18(4-10-24)13-19-5-11-25(12-6-19)31-29(33)27-17-21-2-8-23(27)15-21/h18-27H,1-17H2,(H,30,32)(H,31,33)/t18?,19?,20-,21-,22-,23-,24?,25?,26-,27-/m1/s1. The van der Waals surface area contributed by atoms with Gasteiger partial charge < -0.3 is 10.6 Å². The Bertz CT molecular complexity index is 661. The minimum absolute atomic E-state index is 0.334. The van der Waals surface area contributed by atoms with E-state index >= 15 is 0 Å². The van der Waals surface area contributed by atoms with E-state index in [9.17, 15) is 9.59 Å². The van der Waals surface area contributed by atoms with Gasteiger partial charge in [0.05, 0.1) is 0 Å². The van der Waals surface area contributed by atoms with Crippen molar-refractivity contribution >= 4 is 11.8 Å². The molecule has 6 saturated carbocycles. The van der Waals surface area contributed by atoms with Crippen LogP contribution in [0, 0.1) is 47.3 Å². The minimum Gasteiger partial charge on any atom is -0.353 e. The number of fused-ring (bicyclic) bond motifs is 4. The fraction of sp³-hybridized carbons (Fsp3) is 0.931. The molecule has 0 aromatic heterocycles. The Morgan fingerprint density at radius 3 is 1.27 bits per heavy atom. The molecular weight excluding hydrogens is 408 g/mol. The smallest absolute Gasteiger partial charge is 0.223 e. The van der Waals surface area contributed by atoms with Crippen LogP contribution in [0.25, 0.3) is 0 Å². The van der Waals surface area contributed by atoms with E-state index in [2.05, 4.69) is 10.6 Å². The average molecular weight is 455 g/mol. The van der Waals surface area contributed by atoms with Gasteiger partial charge in [0, 0.05) is 23.9 Å². The topological polar surface area (TPSA) is 58.2 Å². The normalized spacial score (nSPS) is 46.4. The van der Waals surface area contributed by atoms with Crippen LogP contribution in [0.2, 0.25) is 0 Å². The molecule has 6 atom stereocenters. The number of hydrogen-bond donors (Lipinski definition) is 2. The Labute approximate surface area is 200 Å². The zero-order valence-corrected chi connectivity index (χ0v) is 20.6. The molecule has 33 heavy (non-hydrogen) atoms. The predicted molar refractivity (Wildman–Crippen MR) is 130 cm³/mol. The molecule has 0 aromatic carbocycles. The molecule has 0 unspecified atom stereocenters. The molecule has 2 N–H and O–H groups in total. The second-order valence-corrected chi connectivity index (χ2v) is 13.3. The summed E-state index contributed by atoms with van der Waals surface area (Å²) in [7, 11) is 0. The van der Waals surface area contributed by atoms with E-state index in [1.165, 1.54) is 96.3 Å². The van der Waals surface area contributed by atoms with Gasteiger partial charge in [-0.2, -0.15) is 0 Å². The largest absolute Gasteiger partial charge is 0.353 e. The molecule has 0 saturated heterocycles. The van der Waals surface area contributed by atoms with E-state index in [0.29, 0.717) is 47.6 Å². The zero-order valence-electron chi connectivity index (χ0n) is 20.6. The highest BCUT2D eigenvalue weighted by molar-refractivity contribution is 5.80. The highest BCUT2D eigenvalue weighted by Crippen LogP contribution is 2.49. The molecule has 0 heterocycles. The number of carbonyl (C=O) groups excluding carboxylic acids is 2. The first-order valence-corrected chi connectivity index (χ1v) is 14.7. The fourth-order valence-corrected chi connectivity index (χ4v) is 9.30. The molecule has 4 bridgehead atoms. The van der Waals surface area contributed by atoms with Gasteiger partial charge in [0.2, 0.25) is 11.8 Å². The summed E-state index contributed by atoms with van der Waals surface area (Å²) in [5.41, 5.74) is 0. The van der Waals surface area contributed by atoms with Gasteiger partial charge in [-0.1, -0.05) is 12.8 Å². The third kappa shape index (κ3) is 4.87. The minimum atomic E-state index is 0.334. The first kappa shape index (κ1) is 22.4. The van der Waals surface area contributed by atoms with Gasteiger partial charge >= 0.3 is 0 Å². The van der Waals surface area contributed by atoms with Crippen LogP contribution < -0.4 is 10.6 Å². The van der Waals surface area contributed by atoms with Gasteiger partial charge in [-0.25, -0.2) is 0 Å². The molecule has 0 radical (unpaired) electrons. The van der Waals surface area contributed by atoms with Crippen LogP contribution in [0.4, 0.5) is 0 Å². The lowest BCUT2D eigenvalue weighted by molar-refractivity contribution is -0.128. The predicted octanol–water partition coefficient (Wildman–Crippen LogP) is 5.60. The van der Waals surface area contributed by atoms with Crippen molar-refractivity contribution < 1.29 is 9.59 Å². The van der Waals surface area contributed by atoms with Gasteiger partial charge in [0.1, 0.15) is 0 Å². The van der Waals surface area contributed by atoms with Crippen molar-refractivity contribution in [3.05, 3.63) is 0 Å². The summed E-state index contributed by atoms with van der Waals surface area (Å²) in [6.07, 6.45) is 21.6. The number of amides is 2. The molecule has 4 heteroatoms. The second kappa shape index (κ2) is 9.53. The summed E-state index contributed by atoms with van der Waals surface area (Å²) in [6, 6.07) is 0.870. The van der Waals surface area contributed by atoms with E-state index in [1.807, 2.05) is 0 Å². The molecule has 0 aromatic rings. The van der Waals surface area contributed by atoms with Crippen LogP contribution in [0.1, 0.15) is 109 Å². The highest BCUT2D eigenvalue weighted by atomic mass is 16.2. The first-order chi connectivity index (χ1) is 16.1. The molecule has 184 valence electrons. The molecule has 6 aliphatic rings. The average Bonchev–Trinajstić information content (AvgIpc) is 3.63.